The maximum atomic E-state index is 11.2. The summed E-state index contributed by atoms with van der Waals surface area (Å²) in [6.07, 6.45) is 2.08. The van der Waals surface area contributed by atoms with Crippen LogP contribution in [0.3, 0.4) is 0 Å². The number of hydrogen-bond acceptors (Lipinski definition) is 2. The third-order valence-electron chi connectivity index (χ3n) is 4.51. The normalized spacial score (nSPS) is 11.4. The van der Waals surface area contributed by atoms with Crippen molar-refractivity contribution in [2.24, 2.45) is 4.99 Å². The molecule has 0 aliphatic heterocycles. The summed E-state index contributed by atoms with van der Waals surface area (Å²) in [7, 11) is 1.77. The first kappa shape index (κ1) is 21.5. The van der Waals surface area contributed by atoms with Gasteiger partial charge in [-0.05, 0) is 47.6 Å². The molecule has 0 fully saturated rings. The molecule has 0 saturated heterocycles. The minimum Gasteiger partial charge on any atom is -0.356 e. The van der Waals surface area contributed by atoms with Crippen LogP contribution in [0.25, 0.3) is 0 Å². The van der Waals surface area contributed by atoms with Crippen molar-refractivity contribution < 1.29 is 4.79 Å². The van der Waals surface area contributed by atoms with Crippen molar-refractivity contribution in [3.63, 3.8) is 0 Å². The van der Waals surface area contributed by atoms with Gasteiger partial charge in [-0.1, -0.05) is 50.2 Å². The SMILES string of the molecule is CN=C(NCCCc1ccc(C(C)C)cc1)NCc1cccc(NC(C)=O)c1. The van der Waals surface area contributed by atoms with Crippen LogP contribution in [0.2, 0.25) is 0 Å². The van der Waals surface area contributed by atoms with Crippen LogP contribution < -0.4 is 16.0 Å². The third kappa shape index (κ3) is 7.43. The van der Waals surface area contributed by atoms with Crippen molar-refractivity contribution in [3.05, 3.63) is 65.2 Å². The zero-order chi connectivity index (χ0) is 20.4. The molecule has 28 heavy (non-hydrogen) atoms. The average Bonchev–Trinajstić information content (AvgIpc) is 2.67. The van der Waals surface area contributed by atoms with Crippen LogP contribution in [0.5, 0.6) is 0 Å². The van der Waals surface area contributed by atoms with Gasteiger partial charge < -0.3 is 16.0 Å². The molecule has 0 spiro atoms. The van der Waals surface area contributed by atoms with E-state index < -0.39 is 0 Å². The van der Waals surface area contributed by atoms with Gasteiger partial charge in [0, 0.05) is 32.7 Å². The molecule has 0 bridgehead atoms. The van der Waals surface area contributed by atoms with E-state index in [0.29, 0.717) is 12.5 Å². The molecule has 2 rings (SSSR count). The molecular weight excluding hydrogens is 348 g/mol. The number of anilines is 1. The zero-order valence-electron chi connectivity index (χ0n) is 17.4. The van der Waals surface area contributed by atoms with Gasteiger partial charge in [0.15, 0.2) is 5.96 Å². The highest BCUT2D eigenvalue weighted by Crippen LogP contribution is 2.15. The molecule has 0 aliphatic rings. The lowest BCUT2D eigenvalue weighted by Gasteiger charge is -2.13. The Morgan fingerprint density at radius 1 is 1.04 bits per heavy atom. The Balaban J connectivity index is 1.73. The first-order valence-corrected chi connectivity index (χ1v) is 9.88. The summed E-state index contributed by atoms with van der Waals surface area (Å²) in [4.78, 5) is 15.5. The van der Waals surface area contributed by atoms with Gasteiger partial charge in [0.25, 0.3) is 0 Å². The quantitative estimate of drug-likeness (QED) is 0.367. The molecular formula is C23H32N4O. The molecule has 0 aliphatic carbocycles. The van der Waals surface area contributed by atoms with Gasteiger partial charge in [0.1, 0.15) is 0 Å². The van der Waals surface area contributed by atoms with E-state index in [1.165, 1.54) is 18.1 Å². The van der Waals surface area contributed by atoms with E-state index in [2.05, 4.69) is 59.1 Å². The number of aryl methyl sites for hydroxylation is 1. The van der Waals surface area contributed by atoms with Crippen molar-refractivity contribution in [2.75, 3.05) is 18.9 Å². The molecule has 5 nitrogen and oxygen atoms in total. The van der Waals surface area contributed by atoms with Gasteiger partial charge in [-0.15, -0.1) is 0 Å². The predicted octanol–water partition coefficient (Wildman–Crippen LogP) is 4.07. The minimum absolute atomic E-state index is 0.0681. The van der Waals surface area contributed by atoms with Crippen LogP contribution in [0, 0.1) is 0 Å². The van der Waals surface area contributed by atoms with Crippen molar-refractivity contribution >= 4 is 17.6 Å². The Bertz CT molecular complexity index is 781. The Hall–Kier alpha value is -2.82. The monoisotopic (exact) mass is 380 g/mol. The van der Waals surface area contributed by atoms with Crippen LogP contribution in [-0.4, -0.2) is 25.5 Å². The Morgan fingerprint density at radius 2 is 1.79 bits per heavy atom. The zero-order valence-corrected chi connectivity index (χ0v) is 17.4. The highest BCUT2D eigenvalue weighted by atomic mass is 16.1. The van der Waals surface area contributed by atoms with Crippen molar-refractivity contribution in [3.8, 4) is 0 Å². The summed E-state index contributed by atoms with van der Waals surface area (Å²) in [6, 6.07) is 16.7. The molecule has 0 unspecified atom stereocenters. The third-order valence-corrected chi connectivity index (χ3v) is 4.51. The Kier molecular flexibility index (Phi) is 8.53. The average molecular weight is 381 g/mol. The second kappa shape index (κ2) is 11.1. The number of benzene rings is 2. The smallest absolute Gasteiger partial charge is 0.221 e. The van der Waals surface area contributed by atoms with Crippen LogP contribution in [0.1, 0.15) is 49.8 Å². The number of carbonyl (C=O) groups is 1. The summed E-state index contributed by atoms with van der Waals surface area (Å²) >= 11 is 0. The first-order chi connectivity index (χ1) is 13.5. The highest BCUT2D eigenvalue weighted by Gasteiger charge is 2.02. The standard InChI is InChI=1S/C23H32N4O/c1-17(2)21-12-10-19(11-13-21)8-6-14-25-23(24-4)26-16-20-7-5-9-22(15-20)27-18(3)28/h5,7,9-13,15,17H,6,8,14,16H2,1-4H3,(H,27,28)(H2,24,25,26). The van der Waals surface area contributed by atoms with E-state index in [0.717, 1.165) is 36.6 Å². The summed E-state index contributed by atoms with van der Waals surface area (Å²) in [5.74, 6) is 1.28. The van der Waals surface area contributed by atoms with Gasteiger partial charge in [-0.2, -0.15) is 0 Å². The van der Waals surface area contributed by atoms with Crippen molar-refractivity contribution in [1.82, 2.24) is 10.6 Å². The van der Waals surface area contributed by atoms with E-state index in [1.54, 1.807) is 7.05 Å². The molecule has 2 aromatic carbocycles. The molecule has 0 radical (unpaired) electrons. The molecule has 5 heteroatoms. The number of guanidine groups is 1. The summed E-state index contributed by atoms with van der Waals surface area (Å²) in [6.45, 7) is 7.44. The van der Waals surface area contributed by atoms with Gasteiger partial charge in [0.05, 0.1) is 0 Å². The van der Waals surface area contributed by atoms with Gasteiger partial charge >= 0.3 is 0 Å². The second-order valence-corrected chi connectivity index (χ2v) is 7.23. The van der Waals surface area contributed by atoms with Crippen LogP contribution >= 0.6 is 0 Å². The summed E-state index contributed by atoms with van der Waals surface area (Å²) in [5.41, 5.74) is 4.63. The number of nitrogens with zero attached hydrogens (tertiary/aromatic N) is 1. The number of nitrogens with one attached hydrogen (secondary N) is 3. The van der Waals surface area contributed by atoms with Crippen LogP contribution in [0.15, 0.2) is 53.5 Å². The Morgan fingerprint density at radius 3 is 2.43 bits per heavy atom. The number of amides is 1. The van der Waals surface area contributed by atoms with E-state index in [-0.39, 0.29) is 5.91 Å². The fourth-order valence-corrected chi connectivity index (χ4v) is 2.94. The fourth-order valence-electron chi connectivity index (χ4n) is 2.94. The topological polar surface area (TPSA) is 65.5 Å². The Labute approximate surface area is 168 Å². The van der Waals surface area contributed by atoms with E-state index in [1.807, 2.05) is 24.3 Å². The first-order valence-electron chi connectivity index (χ1n) is 9.88. The number of carbonyl (C=O) groups excluding carboxylic acids is 1. The molecule has 2 aromatic rings. The van der Waals surface area contributed by atoms with Gasteiger partial charge in [-0.3, -0.25) is 9.79 Å². The molecule has 150 valence electrons. The van der Waals surface area contributed by atoms with Gasteiger partial charge in [-0.25, -0.2) is 0 Å². The molecule has 0 saturated carbocycles. The number of aliphatic imine (C=N–C) groups is 1. The van der Waals surface area contributed by atoms with E-state index >= 15 is 0 Å². The summed E-state index contributed by atoms with van der Waals surface area (Å²) in [5, 5.41) is 9.47. The summed E-state index contributed by atoms with van der Waals surface area (Å²) < 4.78 is 0. The minimum atomic E-state index is -0.0681. The molecule has 0 aromatic heterocycles. The lowest BCUT2D eigenvalue weighted by Crippen LogP contribution is -2.37. The lowest BCUT2D eigenvalue weighted by atomic mass is 10.0. The maximum Gasteiger partial charge on any atom is 0.221 e. The van der Waals surface area contributed by atoms with Crippen LogP contribution in [-0.2, 0) is 17.8 Å². The van der Waals surface area contributed by atoms with Crippen molar-refractivity contribution in [1.29, 1.82) is 0 Å². The number of hydrogen-bond donors (Lipinski definition) is 3. The van der Waals surface area contributed by atoms with Crippen molar-refractivity contribution in [2.45, 2.75) is 46.1 Å². The van der Waals surface area contributed by atoms with Crippen LogP contribution in [0.4, 0.5) is 5.69 Å². The predicted molar refractivity (Wildman–Crippen MR) is 118 cm³/mol. The molecule has 3 N–H and O–H groups in total. The maximum absolute atomic E-state index is 11.2. The molecule has 1 amide bonds. The van der Waals surface area contributed by atoms with Gasteiger partial charge in [0.2, 0.25) is 5.91 Å². The molecule has 0 heterocycles. The van der Waals surface area contributed by atoms with E-state index in [9.17, 15) is 4.79 Å². The fraction of sp³-hybridized carbons (Fsp3) is 0.391. The molecule has 0 atom stereocenters. The highest BCUT2D eigenvalue weighted by molar-refractivity contribution is 5.88. The number of rotatable bonds is 8. The lowest BCUT2D eigenvalue weighted by molar-refractivity contribution is -0.114. The largest absolute Gasteiger partial charge is 0.356 e. The van der Waals surface area contributed by atoms with E-state index in [4.69, 9.17) is 0 Å². The second-order valence-electron chi connectivity index (χ2n) is 7.23.